The number of methoxy groups -OCH3 is 2. The smallest absolute Gasteiger partial charge is 0.254 e. The predicted octanol–water partition coefficient (Wildman–Crippen LogP) is 3.95. The third-order valence-corrected chi connectivity index (χ3v) is 4.95. The molecule has 1 saturated heterocycles. The quantitative estimate of drug-likeness (QED) is 0.741. The van der Waals surface area contributed by atoms with Crippen LogP contribution in [0.3, 0.4) is 0 Å². The summed E-state index contributed by atoms with van der Waals surface area (Å²) in [5, 5.41) is 0. The predicted molar refractivity (Wildman–Crippen MR) is 105 cm³/mol. The summed E-state index contributed by atoms with van der Waals surface area (Å²) in [4.78, 5) is 15.1. The summed E-state index contributed by atoms with van der Waals surface area (Å²) in [6.45, 7) is 3.22. The minimum absolute atomic E-state index is 0.0454. The van der Waals surface area contributed by atoms with E-state index in [9.17, 15) is 4.79 Å². The summed E-state index contributed by atoms with van der Waals surface area (Å²) in [6, 6.07) is 13.6. The molecule has 0 aliphatic carbocycles. The highest BCUT2D eigenvalue weighted by atomic mass is 16.5. The minimum Gasteiger partial charge on any atom is -0.497 e. The second-order valence-corrected chi connectivity index (χ2v) is 6.65. The first-order valence-electron chi connectivity index (χ1n) is 9.41. The summed E-state index contributed by atoms with van der Waals surface area (Å²) in [5.41, 5.74) is 1.82. The van der Waals surface area contributed by atoms with Gasteiger partial charge in [0.05, 0.1) is 20.8 Å². The first-order valence-corrected chi connectivity index (χ1v) is 9.41. The van der Waals surface area contributed by atoms with Gasteiger partial charge >= 0.3 is 0 Å². The van der Waals surface area contributed by atoms with Gasteiger partial charge in [-0.15, -0.1) is 0 Å². The van der Waals surface area contributed by atoms with Gasteiger partial charge in [-0.05, 0) is 62.1 Å². The number of likely N-dealkylation sites (tertiary alicyclic amines) is 1. The Bertz CT molecular complexity index is 790. The van der Waals surface area contributed by atoms with E-state index in [1.165, 1.54) is 5.56 Å². The van der Waals surface area contributed by atoms with Crippen LogP contribution in [-0.2, 0) is 6.42 Å². The zero-order valence-corrected chi connectivity index (χ0v) is 16.2. The van der Waals surface area contributed by atoms with Gasteiger partial charge in [0.15, 0.2) is 11.5 Å². The maximum absolute atomic E-state index is 13.1. The Morgan fingerprint density at radius 3 is 2.70 bits per heavy atom. The van der Waals surface area contributed by atoms with Gasteiger partial charge in [0.2, 0.25) is 0 Å². The molecule has 1 unspecified atom stereocenters. The molecule has 0 radical (unpaired) electrons. The standard InChI is InChI=1S/C22H27NO4/c1-4-27-21-15-17(10-11-20(21)26-3)22(24)23-12-6-8-18(23)13-16-7-5-9-19(14-16)25-2/h5,7,9-11,14-15,18H,4,6,8,12-13H2,1-3H3. The maximum Gasteiger partial charge on any atom is 0.254 e. The van der Waals surface area contributed by atoms with Crippen molar-refractivity contribution in [3.63, 3.8) is 0 Å². The molecule has 0 N–H and O–H groups in total. The van der Waals surface area contributed by atoms with E-state index in [0.717, 1.165) is 31.6 Å². The Balaban J connectivity index is 1.78. The van der Waals surface area contributed by atoms with Crippen molar-refractivity contribution in [3.8, 4) is 17.2 Å². The molecule has 1 heterocycles. The monoisotopic (exact) mass is 369 g/mol. The van der Waals surface area contributed by atoms with Crippen molar-refractivity contribution < 1.29 is 19.0 Å². The normalized spacial score (nSPS) is 16.3. The number of nitrogens with zero attached hydrogens (tertiary/aromatic N) is 1. The average molecular weight is 369 g/mol. The lowest BCUT2D eigenvalue weighted by atomic mass is 10.0. The SMILES string of the molecule is CCOc1cc(C(=O)N2CCCC2Cc2cccc(OC)c2)ccc1OC. The minimum atomic E-state index is 0.0454. The fourth-order valence-corrected chi connectivity index (χ4v) is 3.63. The third-order valence-electron chi connectivity index (χ3n) is 4.95. The van der Waals surface area contributed by atoms with E-state index in [1.807, 2.05) is 36.1 Å². The Kier molecular flexibility index (Phi) is 6.22. The number of benzene rings is 2. The Morgan fingerprint density at radius 1 is 1.11 bits per heavy atom. The number of hydrogen-bond donors (Lipinski definition) is 0. The van der Waals surface area contributed by atoms with Crippen LogP contribution in [0.15, 0.2) is 42.5 Å². The summed E-state index contributed by atoms with van der Waals surface area (Å²) in [5.74, 6) is 2.14. The third kappa shape index (κ3) is 4.35. The molecule has 2 aromatic carbocycles. The molecule has 1 aliphatic rings. The molecule has 2 aromatic rings. The van der Waals surface area contributed by atoms with Gasteiger partial charge in [0.25, 0.3) is 5.91 Å². The molecule has 1 fully saturated rings. The molecule has 0 bridgehead atoms. The molecule has 27 heavy (non-hydrogen) atoms. The lowest BCUT2D eigenvalue weighted by Gasteiger charge is -2.25. The number of ether oxygens (including phenoxy) is 3. The molecular weight excluding hydrogens is 342 g/mol. The molecule has 0 saturated carbocycles. The number of rotatable bonds is 7. The van der Waals surface area contributed by atoms with E-state index >= 15 is 0 Å². The summed E-state index contributed by atoms with van der Waals surface area (Å²) >= 11 is 0. The molecular formula is C22H27NO4. The zero-order valence-electron chi connectivity index (χ0n) is 16.2. The van der Waals surface area contributed by atoms with Crippen LogP contribution in [0.4, 0.5) is 0 Å². The molecule has 1 amide bonds. The van der Waals surface area contributed by atoms with E-state index in [0.29, 0.717) is 23.7 Å². The number of hydrogen-bond acceptors (Lipinski definition) is 4. The number of amides is 1. The van der Waals surface area contributed by atoms with Crippen molar-refractivity contribution in [2.45, 2.75) is 32.2 Å². The van der Waals surface area contributed by atoms with Gasteiger partial charge in [-0.25, -0.2) is 0 Å². The van der Waals surface area contributed by atoms with E-state index in [4.69, 9.17) is 14.2 Å². The van der Waals surface area contributed by atoms with Crippen LogP contribution in [0.2, 0.25) is 0 Å². The lowest BCUT2D eigenvalue weighted by molar-refractivity contribution is 0.0736. The van der Waals surface area contributed by atoms with Gasteiger partial charge < -0.3 is 19.1 Å². The van der Waals surface area contributed by atoms with Gasteiger partial charge in [0.1, 0.15) is 5.75 Å². The van der Waals surface area contributed by atoms with Crippen LogP contribution in [-0.4, -0.2) is 44.2 Å². The Hall–Kier alpha value is -2.69. The maximum atomic E-state index is 13.1. The van der Waals surface area contributed by atoms with Crippen molar-refractivity contribution in [3.05, 3.63) is 53.6 Å². The van der Waals surface area contributed by atoms with E-state index < -0.39 is 0 Å². The highest BCUT2D eigenvalue weighted by Crippen LogP contribution is 2.30. The topological polar surface area (TPSA) is 48.0 Å². The highest BCUT2D eigenvalue weighted by molar-refractivity contribution is 5.95. The number of carbonyl (C=O) groups excluding carboxylic acids is 1. The van der Waals surface area contributed by atoms with Gasteiger partial charge in [-0.2, -0.15) is 0 Å². The van der Waals surface area contributed by atoms with E-state index in [-0.39, 0.29) is 11.9 Å². The second kappa shape index (κ2) is 8.80. The van der Waals surface area contributed by atoms with Crippen LogP contribution in [0.25, 0.3) is 0 Å². The van der Waals surface area contributed by atoms with E-state index in [1.54, 1.807) is 26.4 Å². The van der Waals surface area contributed by atoms with Crippen molar-refractivity contribution in [1.82, 2.24) is 4.90 Å². The fraction of sp³-hybridized carbons (Fsp3) is 0.409. The van der Waals surface area contributed by atoms with Crippen LogP contribution >= 0.6 is 0 Å². The summed E-state index contributed by atoms with van der Waals surface area (Å²) in [6.07, 6.45) is 2.86. The number of carbonyl (C=O) groups is 1. The van der Waals surface area contributed by atoms with Crippen molar-refractivity contribution in [1.29, 1.82) is 0 Å². The highest BCUT2D eigenvalue weighted by Gasteiger charge is 2.30. The molecule has 5 heteroatoms. The Labute approximate surface area is 160 Å². The molecule has 3 rings (SSSR count). The van der Waals surface area contributed by atoms with E-state index in [2.05, 4.69) is 6.07 Å². The molecule has 0 aromatic heterocycles. The fourth-order valence-electron chi connectivity index (χ4n) is 3.63. The van der Waals surface area contributed by atoms with Crippen LogP contribution in [0.1, 0.15) is 35.7 Å². The summed E-state index contributed by atoms with van der Waals surface area (Å²) in [7, 11) is 3.27. The largest absolute Gasteiger partial charge is 0.497 e. The van der Waals surface area contributed by atoms with Crippen LogP contribution in [0, 0.1) is 0 Å². The lowest BCUT2D eigenvalue weighted by Crippen LogP contribution is -2.36. The first-order chi connectivity index (χ1) is 13.2. The molecule has 0 spiro atoms. The van der Waals surface area contributed by atoms with Crippen LogP contribution < -0.4 is 14.2 Å². The van der Waals surface area contributed by atoms with Crippen molar-refractivity contribution >= 4 is 5.91 Å². The first kappa shape index (κ1) is 19.1. The molecule has 1 aliphatic heterocycles. The molecule has 144 valence electrons. The van der Waals surface area contributed by atoms with Gasteiger partial charge in [-0.3, -0.25) is 4.79 Å². The second-order valence-electron chi connectivity index (χ2n) is 6.65. The van der Waals surface area contributed by atoms with Crippen LogP contribution in [0.5, 0.6) is 17.2 Å². The van der Waals surface area contributed by atoms with Crippen molar-refractivity contribution in [2.24, 2.45) is 0 Å². The Morgan fingerprint density at radius 2 is 1.96 bits per heavy atom. The molecule has 5 nitrogen and oxygen atoms in total. The summed E-state index contributed by atoms with van der Waals surface area (Å²) < 4.78 is 16.3. The average Bonchev–Trinajstić information content (AvgIpc) is 3.15. The zero-order chi connectivity index (χ0) is 19.2. The van der Waals surface area contributed by atoms with Crippen molar-refractivity contribution in [2.75, 3.05) is 27.4 Å². The van der Waals surface area contributed by atoms with Gasteiger partial charge in [-0.1, -0.05) is 12.1 Å². The van der Waals surface area contributed by atoms with Gasteiger partial charge in [0, 0.05) is 18.2 Å². The molecule has 1 atom stereocenters.